The van der Waals surface area contributed by atoms with Crippen LogP contribution in [0.5, 0.6) is 0 Å². The molecule has 0 aliphatic carbocycles. The number of anilines is 1. The summed E-state index contributed by atoms with van der Waals surface area (Å²) < 4.78 is 24.2. The molecule has 0 unspecified atom stereocenters. The Morgan fingerprint density at radius 1 is 1.33 bits per heavy atom. The largest absolute Gasteiger partial charge is 0.353 e. The number of pyridine rings is 1. The minimum Gasteiger partial charge on any atom is -0.353 e. The van der Waals surface area contributed by atoms with Crippen molar-refractivity contribution in [3.63, 3.8) is 0 Å². The topological polar surface area (TPSA) is 16.1 Å². The van der Waals surface area contributed by atoms with Gasteiger partial charge in [-0.25, -0.2) is 13.8 Å². The highest BCUT2D eigenvalue weighted by atomic mass is 35.5. The zero-order valence-corrected chi connectivity index (χ0v) is 9.91. The molecule has 0 amide bonds. The summed E-state index contributed by atoms with van der Waals surface area (Å²) >= 11 is 17.1. The molecule has 0 saturated carbocycles. The van der Waals surface area contributed by atoms with Gasteiger partial charge < -0.3 is 4.90 Å². The van der Waals surface area contributed by atoms with Crippen LogP contribution in [-0.2, 0) is 0 Å². The molecule has 0 aliphatic heterocycles. The molecule has 7 heteroatoms. The fraction of sp³-hybridized carbons (Fsp3) is 0.375. The van der Waals surface area contributed by atoms with Gasteiger partial charge in [0.05, 0.1) is 16.6 Å². The molecule has 2 nitrogen and oxygen atoms in total. The Labute approximate surface area is 101 Å². The normalized spacial score (nSPS) is 10.9. The lowest BCUT2D eigenvalue weighted by Crippen LogP contribution is -2.25. The summed E-state index contributed by atoms with van der Waals surface area (Å²) in [6.07, 6.45) is -2.47. The van der Waals surface area contributed by atoms with E-state index in [1.165, 1.54) is 18.0 Å². The maximum absolute atomic E-state index is 12.1. The molecular weight excluding hydrogens is 268 g/mol. The monoisotopic (exact) mass is 274 g/mol. The van der Waals surface area contributed by atoms with Gasteiger partial charge in [0.15, 0.2) is 0 Å². The van der Waals surface area contributed by atoms with Crippen LogP contribution in [0.15, 0.2) is 6.07 Å². The first-order valence-electron chi connectivity index (χ1n) is 3.92. The third kappa shape index (κ3) is 3.33. The van der Waals surface area contributed by atoms with Gasteiger partial charge in [-0.05, 0) is 6.07 Å². The van der Waals surface area contributed by atoms with Crippen LogP contribution in [0.1, 0.15) is 0 Å². The van der Waals surface area contributed by atoms with Crippen molar-refractivity contribution >= 4 is 40.6 Å². The van der Waals surface area contributed by atoms with Crippen LogP contribution in [0.25, 0.3) is 0 Å². The molecule has 1 rings (SSSR count). The maximum atomic E-state index is 12.1. The number of rotatable bonds is 3. The Balaban J connectivity index is 2.98. The first kappa shape index (κ1) is 12.7. The SMILES string of the molecule is CN(CC(F)F)c1nc(Cl)c(Cl)cc1Cl. The zero-order chi connectivity index (χ0) is 11.6. The smallest absolute Gasteiger partial charge is 0.255 e. The number of nitrogens with zero attached hydrogens (tertiary/aromatic N) is 2. The number of alkyl halides is 2. The standard InChI is InChI=1S/C8H7Cl3F2N2/c1-15(3-6(12)13)8-5(10)2-4(9)7(11)14-8/h2,6H,3H2,1H3. The molecule has 0 N–H and O–H groups in total. The molecule has 0 bridgehead atoms. The lowest BCUT2D eigenvalue weighted by Gasteiger charge is -2.19. The lowest BCUT2D eigenvalue weighted by molar-refractivity contribution is 0.156. The summed E-state index contributed by atoms with van der Waals surface area (Å²) in [6.45, 7) is -0.468. The van der Waals surface area contributed by atoms with E-state index >= 15 is 0 Å². The molecule has 84 valence electrons. The van der Waals surface area contributed by atoms with E-state index in [0.717, 1.165) is 0 Å². The average Bonchev–Trinajstić information content (AvgIpc) is 2.09. The molecule has 0 fully saturated rings. The van der Waals surface area contributed by atoms with Gasteiger partial charge in [-0.1, -0.05) is 34.8 Å². The summed E-state index contributed by atoms with van der Waals surface area (Å²) in [7, 11) is 1.45. The summed E-state index contributed by atoms with van der Waals surface area (Å²) in [5, 5.41) is 0.417. The maximum Gasteiger partial charge on any atom is 0.255 e. The Kier molecular flexibility index (Phi) is 4.37. The predicted molar refractivity (Wildman–Crippen MR) is 58.5 cm³/mol. The van der Waals surface area contributed by atoms with E-state index in [0.29, 0.717) is 0 Å². The highest BCUT2D eigenvalue weighted by Crippen LogP contribution is 2.30. The van der Waals surface area contributed by atoms with Crippen LogP contribution < -0.4 is 4.90 Å². The Morgan fingerprint density at radius 2 is 1.93 bits per heavy atom. The summed E-state index contributed by atoms with van der Waals surface area (Å²) in [6, 6.07) is 1.37. The molecule has 0 radical (unpaired) electrons. The lowest BCUT2D eigenvalue weighted by atomic mass is 10.4. The van der Waals surface area contributed by atoms with Gasteiger partial charge >= 0.3 is 0 Å². The van der Waals surface area contributed by atoms with E-state index in [2.05, 4.69) is 4.98 Å². The molecule has 1 aromatic heterocycles. The predicted octanol–water partition coefficient (Wildman–Crippen LogP) is 3.74. The van der Waals surface area contributed by atoms with E-state index < -0.39 is 13.0 Å². The van der Waals surface area contributed by atoms with Crippen LogP contribution in [-0.4, -0.2) is 25.0 Å². The highest BCUT2D eigenvalue weighted by molar-refractivity contribution is 6.42. The Morgan fingerprint density at radius 3 is 2.47 bits per heavy atom. The average molecular weight is 276 g/mol. The van der Waals surface area contributed by atoms with Gasteiger partial charge in [0.25, 0.3) is 6.43 Å². The quantitative estimate of drug-likeness (QED) is 0.781. The van der Waals surface area contributed by atoms with Gasteiger partial charge in [0.2, 0.25) is 0 Å². The molecule has 0 saturated heterocycles. The summed E-state index contributed by atoms with van der Waals surface area (Å²) in [5.41, 5.74) is 0. The number of halogens is 5. The van der Waals surface area contributed by atoms with Crippen LogP contribution in [0.2, 0.25) is 15.2 Å². The van der Waals surface area contributed by atoms with Crippen molar-refractivity contribution in [3.05, 3.63) is 21.3 Å². The summed E-state index contributed by atoms with van der Waals surface area (Å²) in [4.78, 5) is 5.04. The van der Waals surface area contributed by atoms with E-state index in [1.807, 2.05) is 0 Å². The summed E-state index contributed by atoms with van der Waals surface area (Å²) in [5.74, 6) is 0.186. The Hall–Kier alpha value is -0.320. The molecule has 1 heterocycles. The van der Waals surface area contributed by atoms with Crippen LogP contribution in [0.4, 0.5) is 14.6 Å². The number of aromatic nitrogens is 1. The number of hydrogen-bond acceptors (Lipinski definition) is 2. The van der Waals surface area contributed by atoms with Crippen LogP contribution in [0.3, 0.4) is 0 Å². The van der Waals surface area contributed by atoms with E-state index in [9.17, 15) is 8.78 Å². The minimum absolute atomic E-state index is 0.0391. The van der Waals surface area contributed by atoms with Gasteiger partial charge in [-0.2, -0.15) is 0 Å². The van der Waals surface area contributed by atoms with Crippen molar-refractivity contribution in [2.24, 2.45) is 0 Å². The second kappa shape index (κ2) is 5.14. The molecule has 0 spiro atoms. The van der Waals surface area contributed by atoms with E-state index in [-0.39, 0.29) is 21.0 Å². The van der Waals surface area contributed by atoms with Crippen molar-refractivity contribution in [3.8, 4) is 0 Å². The third-order valence-electron chi connectivity index (χ3n) is 1.64. The fourth-order valence-electron chi connectivity index (χ4n) is 0.996. The van der Waals surface area contributed by atoms with Crippen molar-refractivity contribution < 1.29 is 8.78 Å². The third-order valence-corrected chi connectivity index (χ3v) is 2.59. The van der Waals surface area contributed by atoms with Crippen molar-refractivity contribution in [1.82, 2.24) is 4.98 Å². The zero-order valence-electron chi connectivity index (χ0n) is 7.65. The van der Waals surface area contributed by atoms with Gasteiger partial charge in [0, 0.05) is 7.05 Å². The van der Waals surface area contributed by atoms with Crippen molar-refractivity contribution in [2.45, 2.75) is 6.43 Å². The van der Waals surface area contributed by atoms with Crippen molar-refractivity contribution in [1.29, 1.82) is 0 Å². The van der Waals surface area contributed by atoms with Gasteiger partial charge in [-0.15, -0.1) is 0 Å². The molecule has 0 atom stereocenters. The van der Waals surface area contributed by atoms with E-state index in [4.69, 9.17) is 34.8 Å². The van der Waals surface area contributed by atoms with Gasteiger partial charge in [-0.3, -0.25) is 0 Å². The van der Waals surface area contributed by atoms with Crippen LogP contribution >= 0.6 is 34.8 Å². The second-order valence-electron chi connectivity index (χ2n) is 2.84. The van der Waals surface area contributed by atoms with E-state index in [1.54, 1.807) is 0 Å². The fourth-order valence-corrected chi connectivity index (χ4v) is 1.63. The molecule has 0 aromatic carbocycles. The van der Waals surface area contributed by atoms with Gasteiger partial charge in [0.1, 0.15) is 11.0 Å². The first-order chi connectivity index (χ1) is 6.91. The number of hydrogen-bond donors (Lipinski definition) is 0. The molecule has 1 aromatic rings. The highest BCUT2D eigenvalue weighted by Gasteiger charge is 2.15. The second-order valence-corrected chi connectivity index (χ2v) is 4.01. The molecule has 15 heavy (non-hydrogen) atoms. The first-order valence-corrected chi connectivity index (χ1v) is 5.06. The molecule has 0 aliphatic rings. The van der Waals surface area contributed by atoms with Crippen molar-refractivity contribution in [2.75, 3.05) is 18.5 Å². The minimum atomic E-state index is -2.47. The van der Waals surface area contributed by atoms with Crippen LogP contribution in [0, 0.1) is 0 Å². The molecular formula is C8H7Cl3F2N2. The Bertz CT molecular complexity index is 360.